The second kappa shape index (κ2) is 6.95. The molecule has 2 aromatic heterocycles. The van der Waals surface area contributed by atoms with Gasteiger partial charge in [-0.1, -0.05) is 5.16 Å². The predicted molar refractivity (Wildman–Crippen MR) is 86.7 cm³/mol. The van der Waals surface area contributed by atoms with E-state index in [4.69, 9.17) is 9.26 Å². The molecule has 0 aliphatic carbocycles. The van der Waals surface area contributed by atoms with Gasteiger partial charge in [0, 0.05) is 44.4 Å². The summed E-state index contributed by atoms with van der Waals surface area (Å²) in [5, 5.41) is 4.03. The normalized spacial score (nSPS) is 15.9. The summed E-state index contributed by atoms with van der Waals surface area (Å²) >= 11 is 0. The summed E-state index contributed by atoms with van der Waals surface area (Å²) in [6.45, 7) is 11.3. The molecule has 0 atom stereocenters. The number of hydrogen-bond donors (Lipinski definition) is 0. The van der Waals surface area contributed by atoms with E-state index in [9.17, 15) is 0 Å². The van der Waals surface area contributed by atoms with Gasteiger partial charge in [0.1, 0.15) is 17.9 Å². The average Bonchev–Trinajstić information content (AvgIpc) is 2.88. The van der Waals surface area contributed by atoms with Gasteiger partial charge in [0.15, 0.2) is 0 Å². The zero-order valence-corrected chi connectivity index (χ0v) is 13.9. The van der Waals surface area contributed by atoms with Crippen molar-refractivity contribution in [3.05, 3.63) is 29.4 Å². The van der Waals surface area contributed by atoms with Crippen molar-refractivity contribution >= 4 is 5.82 Å². The lowest BCUT2D eigenvalue weighted by Gasteiger charge is -2.35. The molecule has 0 bridgehead atoms. The second-order valence-corrected chi connectivity index (χ2v) is 5.71. The fraction of sp³-hybridized carbons (Fsp3) is 0.562. The van der Waals surface area contributed by atoms with Crippen LogP contribution in [0.1, 0.15) is 23.9 Å². The Labute approximate surface area is 136 Å². The predicted octanol–water partition coefficient (Wildman–Crippen LogP) is 1.80. The first-order valence-electron chi connectivity index (χ1n) is 8.01. The molecule has 0 N–H and O–H groups in total. The smallest absolute Gasteiger partial charge is 0.218 e. The van der Waals surface area contributed by atoms with Crippen LogP contribution in [-0.2, 0) is 6.54 Å². The Kier molecular flexibility index (Phi) is 4.76. The molecule has 0 saturated carbocycles. The van der Waals surface area contributed by atoms with Crippen LogP contribution in [0.25, 0.3) is 0 Å². The largest absolute Gasteiger partial charge is 0.478 e. The second-order valence-electron chi connectivity index (χ2n) is 5.71. The molecule has 0 radical (unpaired) electrons. The van der Waals surface area contributed by atoms with E-state index in [-0.39, 0.29) is 0 Å². The minimum Gasteiger partial charge on any atom is -0.478 e. The molecule has 2 aromatic rings. The number of nitrogens with zero attached hydrogens (tertiary/aromatic N) is 5. The van der Waals surface area contributed by atoms with Crippen molar-refractivity contribution in [1.82, 2.24) is 20.0 Å². The van der Waals surface area contributed by atoms with E-state index < -0.39 is 0 Å². The number of hydrogen-bond acceptors (Lipinski definition) is 7. The molecule has 3 heterocycles. The zero-order valence-electron chi connectivity index (χ0n) is 13.9. The number of rotatable bonds is 5. The van der Waals surface area contributed by atoms with E-state index in [1.54, 1.807) is 6.33 Å². The maximum absolute atomic E-state index is 5.45. The van der Waals surface area contributed by atoms with Gasteiger partial charge in [-0.2, -0.15) is 0 Å². The molecule has 1 saturated heterocycles. The van der Waals surface area contributed by atoms with Crippen molar-refractivity contribution in [2.45, 2.75) is 27.3 Å². The van der Waals surface area contributed by atoms with Crippen LogP contribution in [0.15, 0.2) is 16.9 Å². The Hall–Kier alpha value is -2.15. The number of anilines is 1. The third-order valence-corrected chi connectivity index (χ3v) is 4.18. The van der Waals surface area contributed by atoms with Gasteiger partial charge in [0.25, 0.3) is 0 Å². The molecule has 0 spiro atoms. The summed E-state index contributed by atoms with van der Waals surface area (Å²) in [4.78, 5) is 13.2. The molecular weight excluding hydrogens is 294 g/mol. The topological polar surface area (TPSA) is 67.5 Å². The van der Waals surface area contributed by atoms with Gasteiger partial charge < -0.3 is 14.2 Å². The van der Waals surface area contributed by atoms with Crippen molar-refractivity contribution in [3.63, 3.8) is 0 Å². The molecule has 1 aliphatic rings. The van der Waals surface area contributed by atoms with Crippen LogP contribution < -0.4 is 9.64 Å². The first-order valence-corrected chi connectivity index (χ1v) is 8.01. The molecule has 0 aromatic carbocycles. The summed E-state index contributed by atoms with van der Waals surface area (Å²) in [5.41, 5.74) is 2.20. The van der Waals surface area contributed by atoms with Gasteiger partial charge in [-0.15, -0.1) is 0 Å². The summed E-state index contributed by atoms with van der Waals surface area (Å²) in [6, 6.07) is 1.91. The van der Waals surface area contributed by atoms with E-state index in [0.717, 1.165) is 50.0 Å². The van der Waals surface area contributed by atoms with E-state index in [2.05, 4.69) is 24.9 Å². The molecule has 1 aliphatic heterocycles. The van der Waals surface area contributed by atoms with Gasteiger partial charge in [-0.3, -0.25) is 4.90 Å². The van der Waals surface area contributed by atoms with Gasteiger partial charge >= 0.3 is 0 Å². The van der Waals surface area contributed by atoms with Crippen LogP contribution in [0.3, 0.4) is 0 Å². The highest BCUT2D eigenvalue weighted by molar-refractivity contribution is 5.41. The van der Waals surface area contributed by atoms with Crippen LogP contribution in [0.2, 0.25) is 0 Å². The van der Waals surface area contributed by atoms with E-state index in [1.165, 1.54) is 5.56 Å². The summed E-state index contributed by atoms with van der Waals surface area (Å²) in [6.07, 6.45) is 1.57. The number of ether oxygens (including phenoxy) is 1. The standard InChI is InChI=1S/C16H23N5O2/c1-4-22-16-9-15(17-11-18-16)21-7-5-20(6-8-21)10-14-12(2)19-23-13(14)3/h9,11H,4-8,10H2,1-3H3. The lowest BCUT2D eigenvalue weighted by atomic mass is 10.2. The maximum atomic E-state index is 5.45. The number of piperazine rings is 1. The van der Waals surface area contributed by atoms with Crippen LogP contribution in [0.5, 0.6) is 5.88 Å². The molecule has 7 nitrogen and oxygen atoms in total. The fourth-order valence-corrected chi connectivity index (χ4v) is 2.82. The van der Waals surface area contributed by atoms with Gasteiger partial charge in [0.05, 0.1) is 12.3 Å². The molecule has 3 rings (SSSR count). The van der Waals surface area contributed by atoms with Crippen molar-refractivity contribution in [2.24, 2.45) is 0 Å². The third kappa shape index (κ3) is 3.61. The molecule has 0 amide bonds. The Bertz CT molecular complexity index is 630. The molecule has 23 heavy (non-hydrogen) atoms. The summed E-state index contributed by atoms with van der Waals surface area (Å²) in [5.74, 6) is 2.48. The van der Waals surface area contributed by atoms with E-state index >= 15 is 0 Å². The minimum atomic E-state index is 0.613. The SMILES string of the molecule is CCOc1cc(N2CCN(Cc3c(C)noc3C)CC2)ncn1. The van der Waals surface area contributed by atoms with Gasteiger partial charge in [-0.25, -0.2) is 9.97 Å². The summed E-state index contributed by atoms with van der Waals surface area (Å²) in [7, 11) is 0. The molecule has 0 unspecified atom stereocenters. The lowest BCUT2D eigenvalue weighted by Crippen LogP contribution is -2.46. The Morgan fingerprint density at radius 3 is 2.61 bits per heavy atom. The highest BCUT2D eigenvalue weighted by atomic mass is 16.5. The first-order chi connectivity index (χ1) is 11.2. The van der Waals surface area contributed by atoms with Crippen LogP contribution in [-0.4, -0.2) is 52.8 Å². The van der Waals surface area contributed by atoms with Crippen LogP contribution >= 0.6 is 0 Å². The van der Waals surface area contributed by atoms with Gasteiger partial charge in [0.2, 0.25) is 5.88 Å². The van der Waals surface area contributed by atoms with Crippen molar-refractivity contribution in [2.75, 3.05) is 37.7 Å². The number of aryl methyl sites for hydroxylation is 2. The highest BCUT2D eigenvalue weighted by Gasteiger charge is 2.21. The molecular formula is C16H23N5O2. The van der Waals surface area contributed by atoms with E-state index in [1.807, 2.05) is 26.8 Å². The van der Waals surface area contributed by atoms with Crippen molar-refractivity contribution in [3.8, 4) is 5.88 Å². The summed E-state index contributed by atoms with van der Waals surface area (Å²) < 4.78 is 10.7. The third-order valence-electron chi connectivity index (χ3n) is 4.18. The Balaban J connectivity index is 1.59. The van der Waals surface area contributed by atoms with Gasteiger partial charge in [-0.05, 0) is 20.8 Å². The quantitative estimate of drug-likeness (QED) is 0.833. The first kappa shape index (κ1) is 15.7. The van der Waals surface area contributed by atoms with Crippen molar-refractivity contribution < 1.29 is 9.26 Å². The van der Waals surface area contributed by atoms with Crippen LogP contribution in [0.4, 0.5) is 5.82 Å². The lowest BCUT2D eigenvalue weighted by molar-refractivity contribution is 0.247. The van der Waals surface area contributed by atoms with E-state index in [0.29, 0.717) is 12.5 Å². The van der Waals surface area contributed by atoms with Crippen LogP contribution in [0, 0.1) is 13.8 Å². The Morgan fingerprint density at radius 1 is 1.17 bits per heavy atom. The molecule has 1 fully saturated rings. The Morgan fingerprint density at radius 2 is 1.96 bits per heavy atom. The highest BCUT2D eigenvalue weighted by Crippen LogP contribution is 2.20. The average molecular weight is 317 g/mol. The number of aromatic nitrogens is 3. The molecule has 124 valence electrons. The van der Waals surface area contributed by atoms with Crippen molar-refractivity contribution in [1.29, 1.82) is 0 Å². The fourth-order valence-electron chi connectivity index (χ4n) is 2.82. The monoisotopic (exact) mass is 317 g/mol. The minimum absolute atomic E-state index is 0.613. The molecule has 7 heteroatoms. The maximum Gasteiger partial charge on any atom is 0.218 e. The zero-order chi connectivity index (χ0) is 16.2.